The van der Waals surface area contributed by atoms with E-state index in [1.807, 2.05) is 30.1 Å². The minimum absolute atomic E-state index is 0.104. The van der Waals surface area contributed by atoms with Crippen LogP contribution in [0, 0.1) is 0 Å². The van der Waals surface area contributed by atoms with Crippen molar-refractivity contribution in [3.05, 3.63) is 36.5 Å². The molecule has 2 aromatic rings. The summed E-state index contributed by atoms with van der Waals surface area (Å²) < 4.78 is 11.3. The SMILES string of the molecule is CN1CCN(c2cc(N3CCOC(c4ccco4)C3)ncn2)CC1=O. The molecule has 1 unspecified atom stereocenters. The van der Waals surface area contributed by atoms with Crippen molar-refractivity contribution in [3.63, 3.8) is 0 Å². The van der Waals surface area contributed by atoms with Gasteiger partial charge in [0.25, 0.3) is 0 Å². The maximum atomic E-state index is 11.9. The lowest BCUT2D eigenvalue weighted by molar-refractivity contribution is -0.129. The number of hydrogen-bond donors (Lipinski definition) is 0. The monoisotopic (exact) mass is 343 g/mol. The average molecular weight is 343 g/mol. The maximum absolute atomic E-state index is 11.9. The normalized spacial score (nSPS) is 21.7. The van der Waals surface area contributed by atoms with Crippen LogP contribution in [-0.2, 0) is 9.53 Å². The van der Waals surface area contributed by atoms with Crippen LogP contribution < -0.4 is 9.80 Å². The molecule has 2 aliphatic rings. The van der Waals surface area contributed by atoms with Crippen LogP contribution in [-0.4, -0.2) is 67.2 Å². The Balaban J connectivity index is 1.50. The molecule has 0 aromatic carbocycles. The first kappa shape index (κ1) is 15.9. The molecule has 2 fully saturated rings. The zero-order valence-electron chi connectivity index (χ0n) is 14.2. The third kappa shape index (κ3) is 3.30. The van der Waals surface area contributed by atoms with Crippen LogP contribution in [0.15, 0.2) is 35.2 Å². The van der Waals surface area contributed by atoms with E-state index in [0.29, 0.717) is 26.2 Å². The second-order valence-electron chi connectivity index (χ2n) is 6.29. The van der Waals surface area contributed by atoms with Crippen molar-refractivity contribution in [2.45, 2.75) is 6.10 Å². The summed E-state index contributed by atoms with van der Waals surface area (Å²) in [6.45, 7) is 3.87. The number of nitrogens with zero attached hydrogens (tertiary/aromatic N) is 5. The third-order valence-corrected chi connectivity index (χ3v) is 4.67. The lowest BCUT2D eigenvalue weighted by Crippen LogP contribution is -2.49. The van der Waals surface area contributed by atoms with Crippen molar-refractivity contribution in [3.8, 4) is 0 Å². The van der Waals surface area contributed by atoms with Gasteiger partial charge >= 0.3 is 0 Å². The van der Waals surface area contributed by atoms with Gasteiger partial charge in [0.15, 0.2) is 0 Å². The molecule has 2 saturated heterocycles. The fourth-order valence-electron chi connectivity index (χ4n) is 3.14. The molecule has 2 aromatic heterocycles. The minimum atomic E-state index is -0.104. The number of ether oxygens (including phenoxy) is 1. The molecule has 8 nitrogen and oxygen atoms in total. The largest absolute Gasteiger partial charge is 0.467 e. The molecule has 4 rings (SSSR count). The molecule has 25 heavy (non-hydrogen) atoms. The molecule has 4 heterocycles. The van der Waals surface area contributed by atoms with Crippen LogP contribution in [0.2, 0.25) is 0 Å². The molecule has 1 amide bonds. The average Bonchev–Trinajstić information content (AvgIpc) is 3.19. The first-order valence-corrected chi connectivity index (χ1v) is 8.41. The lowest BCUT2D eigenvalue weighted by atomic mass is 10.2. The minimum Gasteiger partial charge on any atom is -0.467 e. The van der Waals surface area contributed by atoms with Crippen LogP contribution in [0.1, 0.15) is 11.9 Å². The van der Waals surface area contributed by atoms with Crippen molar-refractivity contribution in [1.29, 1.82) is 0 Å². The van der Waals surface area contributed by atoms with Gasteiger partial charge in [0, 0.05) is 32.7 Å². The molecule has 0 aliphatic carbocycles. The lowest BCUT2D eigenvalue weighted by Gasteiger charge is -2.35. The summed E-state index contributed by atoms with van der Waals surface area (Å²) in [6, 6.07) is 5.74. The van der Waals surface area contributed by atoms with E-state index < -0.39 is 0 Å². The number of likely N-dealkylation sites (N-methyl/N-ethyl adjacent to an activating group) is 1. The smallest absolute Gasteiger partial charge is 0.241 e. The van der Waals surface area contributed by atoms with E-state index >= 15 is 0 Å². The predicted octanol–water partition coefficient (Wildman–Crippen LogP) is 0.926. The number of carbonyl (C=O) groups is 1. The molecule has 0 bridgehead atoms. The molecule has 0 spiro atoms. The molecule has 0 N–H and O–H groups in total. The topological polar surface area (TPSA) is 74.9 Å². The van der Waals surface area contributed by atoms with Gasteiger partial charge < -0.3 is 23.9 Å². The van der Waals surface area contributed by atoms with Crippen molar-refractivity contribution < 1.29 is 13.9 Å². The molecular formula is C17H21N5O3. The summed E-state index contributed by atoms with van der Waals surface area (Å²) in [6.07, 6.45) is 3.11. The quantitative estimate of drug-likeness (QED) is 0.820. The number of furan rings is 1. The van der Waals surface area contributed by atoms with Crippen molar-refractivity contribution in [2.75, 3.05) is 56.2 Å². The van der Waals surface area contributed by atoms with Crippen molar-refractivity contribution in [2.24, 2.45) is 0 Å². The molecule has 8 heteroatoms. The number of anilines is 2. The van der Waals surface area contributed by atoms with Crippen LogP contribution in [0.25, 0.3) is 0 Å². The highest BCUT2D eigenvalue weighted by atomic mass is 16.5. The Morgan fingerprint density at radius 1 is 1.16 bits per heavy atom. The number of aromatic nitrogens is 2. The molecule has 2 aliphatic heterocycles. The number of rotatable bonds is 3. The zero-order valence-corrected chi connectivity index (χ0v) is 14.2. The summed E-state index contributed by atoms with van der Waals surface area (Å²) in [5, 5.41) is 0. The van der Waals surface area contributed by atoms with Gasteiger partial charge in [-0.1, -0.05) is 0 Å². The van der Waals surface area contributed by atoms with Crippen molar-refractivity contribution >= 4 is 17.5 Å². The summed E-state index contributed by atoms with van der Waals surface area (Å²) in [5.74, 6) is 2.56. The summed E-state index contributed by atoms with van der Waals surface area (Å²) in [4.78, 5) is 26.6. The highest BCUT2D eigenvalue weighted by molar-refractivity contribution is 5.82. The fraction of sp³-hybridized carbons (Fsp3) is 0.471. The molecule has 0 radical (unpaired) electrons. The first-order chi connectivity index (χ1) is 12.2. The van der Waals surface area contributed by atoms with Crippen LogP contribution in [0.4, 0.5) is 11.6 Å². The van der Waals surface area contributed by atoms with Gasteiger partial charge in [-0.15, -0.1) is 0 Å². The molecular weight excluding hydrogens is 322 g/mol. The number of hydrogen-bond acceptors (Lipinski definition) is 7. The van der Waals surface area contributed by atoms with Gasteiger partial charge in [-0.05, 0) is 12.1 Å². The number of piperazine rings is 1. The van der Waals surface area contributed by atoms with Gasteiger partial charge in [0.1, 0.15) is 29.8 Å². The molecule has 132 valence electrons. The Kier molecular flexibility index (Phi) is 4.27. The van der Waals surface area contributed by atoms with Gasteiger partial charge in [-0.25, -0.2) is 9.97 Å². The van der Waals surface area contributed by atoms with E-state index in [1.54, 1.807) is 17.5 Å². The van der Waals surface area contributed by atoms with Crippen LogP contribution in [0.3, 0.4) is 0 Å². The predicted molar refractivity (Wildman–Crippen MR) is 91.5 cm³/mol. The van der Waals surface area contributed by atoms with Crippen molar-refractivity contribution in [1.82, 2.24) is 14.9 Å². The van der Waals surface area contributed by atoms with E-state index in [9.17, 15) is 4.79 Å². The second kappa shape index (κ2) is 6.72. The van der Waals surface area contributed by atoms with E-state index in [4.69, 9.17) is 9.15 Å². The van der Waals surface area contributed by atoms with E-state index in [-0.39, 0.29) is 12.0 Å². The molecule has 1 atom stereocenters. The summed E-state index contributed by atoms with van der Waals surface area (Å²) in [5.41, 5.74) is 0. The second-order valence-corrected chi connectivity index (χ2v) is 6.29. The van der Waals surface area contributed by atoms with Crippen LogP contribution in [0.5, 0.6) is 0 Å². The molecule has 0 saturated carbocycles. The number of carbonyl (C=O) groups excluding carboxylic acids is 1. The van der Waals surface area contributed by atoms with E-state index in [0.717, 1.165) is 30.5 Å². The standard InChI is InChI=1S/C17H21N5O3/c1-20-4-5-21(11-17(20)23)15-9-16(19-12-18-15)22-6-8-25-14(10-22)13-3-2-7-24-13/h2-3,7,9,12,14H,4-6,8,10-11H2,1H3. The Bertz CT molecular complexity index is 736. The number of morpholine rings is 1. The third-order valence-electron chi connectivity index (χ3n) is 4.67. The van der Waals surface area contributed by atoms with E-state index in [1.165, 1.54) is 0 Å². The zero-order chi connectivity index (χ0) is 17.2. The van der Waals surface area contributed by atoms with Gasteiger partial charge in [0.2, 0.25) is 5.91 Å². The number of amides is 1. The van der Waals surface area contributed by atoms with Gasteiger partial charge in [0.05, 0.1) is 26.0 Å². The Hall–Kier alpha value is -2.61. The maximum Gasteiger partial charge on any atom is 0.241 e. The Morgan fingerprint density at radius 2 is 2.00 bits per heavy atom. The van der Waals surface area contributed by atoms with Crippen LogP contribution >= 0.6 is 0 Å². The summed E-state index contributed by atoms with van der Waals surface area (Å²) >= 11 is 0. The highest BCUT2D eigenvalue weighted by Crippen LogP contribution is 2.26. The van der Waals surface area contributed by atoms with E-state index in [2.05, 4.69) is 14.9 Å². The summed E-state index contributed by atoms with van der Waals surface area (Å²) in [7, 11) is 1.83. The Morgan fingerprint density at radius 3 is 2.76 bits per heavy atom. The first-order valence-electron chi connectivity index (χ1n) is 8.41. The fourth-order valence-corrected chi connectivity index (χ4v) is 3.14. The Labute approximate surface area is 146 Å². The van der Waals surface area contributed by atoms with Gasteiger partial charge in [-0.2, -0.15) is 0 Å². The highest BCUT2D eigenvalue weighted by Gasteiger charge is 2.26. The van der Waals surface area contributed by atoms with Gasteiger partial charge in [-0.3, -0.25) is 4.79 Å².